The van der Waals surface area contributed by atoms with Crippen LogP contribution in [0.3, 0.4) is 0 Å². The molecule has 0 aliphatic rings. The molecule has 0 aliphatic carbocycles. The van der Waals surface area contributed by atoms with Crippen molar-refractivity contribution in [1.29, 1.82) is 0 Å². The van der Waals surface area contributed by atoms with Gasteiger partial charge in [0, 0.05) is 6.54 Å². The van der Waals surface area contributed by atoms with Crippen molar-refractivity contribution in [2.24, 2.45) is 5.41 Å². The van der Waals surface area contributed by atoms with Gasteiger partial charge in [-0.2, -0.15) is 0 Å². The molecule has 0 spiro atoms. The van der Waals surface area contributed by atoms with Gasteiger partial charge < -0.3 is 10.4 Å². The largest absolute Gasteiger partial charge is 0.388 e. The number of rotatable bonds is 7. The number of nitrogens with one attached hydrogen (secondary N) is 1. The number of carbonyl (C=O) groups excluding carboxylic acids is 1. The van der Waals surface area contributed by atoms with E-state index in [2.05, 4.69) is 31.3 Å². The fraction of sp³-hybridized carbons (Fsp3) is 0.350. The predicted molar refractivity (Wildman–Crippen MR) is 93.0 cm³/mol. The highest BCUT2D eigenvalue weighted by molar-refractivity contribution is 5.76. The zero-order valence-electron chi connectivity index (χ0n) is 13.8. The van der Waals surface area contributed by atoms with Crippen molar-refractivity contribution in [3.8, 4) is 0 Å². The molecule has 23 heavy (non-hydrogen) atoms. The Kier molecular flexibility index (Phi) is 5.94. The third-order valence-corrected chi connectivity index (χ3v) is 3.85. The Morgan fingerprint density at radius 1 is 1.04 bits per heavy atom. The zero-order valence-corrected chi connectivity index (χ0v) is 13.8. The summed E-state index contributed by atoms with van der Waals surface area (Å²) in [4.78, 5) is 12.1. The fourth-order valence-corrected chi connectivity index (χ4v) is 2.59. The van der Waals surface area contributed by atoms with E-state index in [1.54, 1.807) is 0 Å². The first-order valence-corrected chi connectivity index (χ1v) is 8.00. The Morgan fingerprint density at radius 2 is 1.61 bits per heavy atom. The summed E-state index contributed by atoms with van der Waals surface area (Å²) in [5.74, 6) is -0.123. The van der Waals surface area contributed by atoms with Crippen LogP contribution in [0.4, 0.5) is 0 Å². The van der Waals surface area contributed by atoms with Gasteiger partial charge in [-0.1, -0.05) is 74.5 Å². The topological polar surface area (TPSA) is 49.3 Å². The van der Waals surface area contributed by atoms with Gasteiger partial charge in [0.15, 0.2) is 0 Å². The SMILES string of the molecule is CC(C)(CNC(=O)CC(O)c1ccccc1)Cc1ccccc1. The molecule has 0 bridgehead atoms. The normalized spacial score (nSPS) is 12.7. The van der Waals surface area contributed by atoms with Gasteiger partial charge in [0.25, 0.3) is 0 Å². The lowest BCUT2D eigenvalue weighted by molar-refractivity contribution is -0.123. The minimum absolute atomic E-state index is 0.0330. The molecule has 0 aliphatic heterocycles. The zero-order chi connectivity index (χ0) is 16.7. The van der Waals surface area contributed by atoms with Gasteiger partial charge >= 0.3 is 0 Å². The lowest BCUT2D eigenvalue weighted by Gasteiger charge is -2.25. The van der Waals surface area contributed by atoms with E-state index in [0.717, 1.165) is 12.0 Å². The second kappa shape index (κ2) is 7.93. The average molecular weight is 311 g/mol. The van der Waals surface area contributed by atoms with Crippen molar-refractivity contribution in [2.45, 2.75) is 32.8 Å². The standard InChI is InChI=1S/C20H25NO2/c1-20(2,14-16-9-5-3-6-10-16)15-21-19(23)13-18(22)17-11-7-4-8-12-17/h3-12,18,22H,13-15H2,1-2H3,(H,21,23). The van der Waals surface area contributed by atoms with Crippen LogP contribution < -0.4 is 5.32 Å². The first-order valence-electron chi connectivity index (χ1n) is 8.00. The minimum atomic E-state index is -0.756. The number of benzene rings is 2. The highest BCUT2D eigenvalue weighted by atomic mass is 16.3. The Balaban J connectivity index is 1.81. The van der Waals surface area contributed by atoms with Crippen molar-refractivity contribution < 1.29 is 9.90 Å². The number of carbonyl (C=O) groups is 1. The molecular weight excluding hydrogens is 286 g/mol. The highest BCUT2D eigenvalue weighted by Gasteiger charge is 2.20. The maximum absolute atomic E-state index is 12.1. The van der Waals surface area contributed by atoms with Gasteiger partial charge in [-0.05, 0) is 23.0 Å². The second-order valence-corrected chi connectivity index (χ2v) is 6.73. The van der Waals surface area contributed by atoms with E-state index < -0.39 is 6.10 Å². The summed E-state index contributed by atoms with van der Waals surface area (Å²) in [5.41, 5.74) is 2.00. The van der Waals surface area contributed by atoms with Gasteiger partial charge in [0.05, 0.1) is 12.5 Å². The quantitative estimate of drug-likeness (QED) is 0.822. The monoisotopic (exact) mass is 311 g/mol. The van der Waals surface area contributed by atoms with E-state index >= 15 is 0 Å². The van der Waals surface area contributed by atoms with Crippen LogP contribution in [0, 0.1) is 5.41 Å². The van der Waals surface area contributed by atoms with Crippen molar-refractivity contribution in [3.05, 3.63) is 71.8 Å². The molecule has 122 valence electrons. The Hall–Kier alpha value is -2.13. The van der Waals surface area contributed by atoms with E-state index in [-0.39, 0.29) is 17.7 Å². The summed E-state index contributed by atoms with van der Waals surface area (Å²) in [5, 5.41) is 13.0. The lowest BCUT2D eigenvalue weighted by Crippen LogP contribution is -2.35. The third-order valence-electron chi connectivity index (χ3n) is 3.85. The van der Waals surface area contributed by atoms with Gasteiger partial charge in [0.2, 0.25) is 5.91 Å². The smallest absolute Gasteiger partial charge is 0.222 e. The molecule has 0 radical (unpaired) electrons. The summed E-state index contributed by atoms with van der Waals surface area (Å²) in [7, 11) is 0. The molecule has 0 heterocycles. The fourth-order valence-electron chi connectivity index (χ4n) is 2.59. The minimum Gasteiger partial charge on any atom is -0.388 e. The first-order chi connectivity index (χ1) is 11.0. The van der Waals surface area contributed by atoms with Crippen LogP contribution in [0.5, 0.6) is 0 Å². The average Bonchev–Trinajstić information content (AvgIpc) is 2.54. The van der Waals surface area contributed by atoms with E-state index in [1.165, 1.54) is 5.56 Å². The molecule has 0 aromatic heterocycles. The van der Waals surface area contributed by atoms with Gasteiger partial charge in [-0.15, -0.1) is 0 Å². The molecule has 1 amide bonds. The summed E-state index contributed by atoms with van der Waals surface area (Å²) in [6.45, 7) is 4.85. The van der Waals surface area contributed by atoms with E-state index in [4.69, 9.17) is 0 Å². The molecule has 0 fully saturated rings. The van der Waals surface area contributed by atoms with E-state index in [9.17, 15) is 9.90 Å². The summed E-state index contributed by atoms with van der Waals surface area (Å²) < 4.78 is 0. The highest BCUT2D eigenvalue weighted by Crippen LogP contribution is 2.21. The Labute approximate surface area is 138 Å². The van der Waals surface area contributed by atoms with Gasteiger partial charge in [-0.25, -0.2) is 0 Å². The van der Waals surface area contributed by atoms with E-state index in [1.807, 2.05) is 48.5 Å². The second-order valence-electron chi connectivity index (χ2n) is 6.73. The van der Waals surface area contributed by atoms with Crippen LogP contribution >= 0.6 is 0 Å². The molecule has 3 nitrogen and oxygen atoms in total. The maximum atomic E-state index is 12.1. The van der Waals surface area contributed by atoms with Crippen LogP contribution in [-0.4, -0.2) is 17.6 Å². The van der Waals surface area contributed by atoms with Crippen molar-refractivity contribution in [1.82, 2.24) is 5.32 Å². The van der Waals surface area contributed by atoms with Crippen molar-refractivity contribution >= 4 is 5.91 Å². The van der Waals surface area contributed by atoms with Crippen LogP contribution in [-0.2, 0) is 11.2 Å². The van der Waals surface area contributed by atoms with Crippen molar-refractivity contribution in [2.75, 3.05) is 6.54 Å². The number of hydrogen-bond acceptors (Lipinski definition) is 2. The van der Waals surface area contributed by atoms with Crippen molar-refractivity contribution in [3.63, 3.8) is 0 Å². The van der Waals surface area contributed by atoms with Crippen LogP contribution in [0.15, 0.2) is 60.7 Å². The molecule has 3 heteroatoms. The molecule has 0 saturated heterocycles. The van der Waals surface area contributed by atoms with Crippen LogP contribution in [0.25, 0.3) is 0 Å². The molecule has 2 aromatic rings. The molecule has 1 unspecified atom stereocenters. The third kappa shape index (κ3) is 5.87. The molecule has 0 saturated carbocycles. The molecule has 2 N–H and O–H groups in total. The molecular formula is C20H25NO2. The van der Waals surface area contributed by atoms with Gasteiger partial charge in [0.1, 0.15) is 0 Å². The summed E-state index contributed by atoms with van der Waals surface area (Å²) in [6, 6.07) is 19.5. The molecule has 1 atom stereocenters. The van der Waals surface area contributed by atoms with Gasteiger partial charge in [-0.3, -0.25) is 4.79 Å². The number of hydrogen-bond donors (Lipinski definition) is 2. The van der Waals surface area contributed by atoms with Crippen LogP contribution in [0.1, 0.15) is 37.5 Å². The number of aliphatic hydroxyl groups is 1. The first kappa shape index (κ1) is 17.2. The summed E-state index contributed by atoms with van der Waals surface area (Å²) >= 11 is 0. The summed E-state index contributed by atoms with van der Waals surface area (Å²) in [6.07, 6.45) is 0.231. The molecule has 2 rings (SSSR count). The van der Waals surface area contributed by atoms with Crippen LogP contribution in [0.2, 0.25) is 0 Å². The Bertz CT molecular complexity index is 608. The molecule has 2 aromatic carbocycles. The maximum Gasteiger partial charge on any atom is 0.222 e. The lowest BCUT2D eigenvalue weighted by atomic mass is 9.85. The number of amides is 1. The predicted octanol–water partition coefficient (Wildman–Crippen LogP) is 3.50. The van der Waals surface area contributed by atoms with E-state index in [0.29, 0.717) is 6.54 Å². The number of aliphatic hydroxyl groups excluding tert-OH is 1. The Morgan fingerprint density at radius 3 is 2.22 bits per heavy atom.